The molecule has 2 N–H and O–H groups in total. The quantitative estimate of drug-likeness (QED) is 0.879. The molecule has 0 unspecified atom stereocenters. The third-order valence-electron chi connectivity index (χ3n) is 2.21. The highest BCUT2D eigenvalue weighted by Gasteiger charge is 2.25. The van der Waals surface area contributed by atoms with E-state index in [2.05, 4.69) is 0 Å². The molecular formula is C12H17ClN2O. The number of halogens is 1. The Morgan fingerprint density at radius 2 is 2.12 bits per heavy atom. The topological polar surface area (TPSA) is 46.3 Å². The molecule has 0 heterocycles. The minimum absolute atomic E-state index is 0.0903. The zero-order valence-electron chi connectivity index (χ0n) is 9.83. The second-order valence-electron chi connectivity index (χ2n) is 4.51. The molecule has 0 aliphatic rings. The zero-order chi connectivity index (χ0) is 12.3. The van der Waals surface area contributed by atoms with E-state index in [1.54, 1.807) is 31.9 Å². The van der Waals surface area contributed by atoms with Crippen LogP contribution in [0.1, 0.15) is 19.4 Å². The molecule has 0 spiro atoms. The maximum absolute atomic E-state index is 11.8. The van der Waals surface area contributed by atoms with Crippen molar-refractivity contribution in [2.75, 3.05) is 7.05 Å². The van der Waals surface area contributed by atoms with Gasteiger partial charge in [0.25, 0.3) is 0 Å². The van der Waals surface area contributed by atoms with E-state index in [0.29, 0.717) is 11.6 Å². The van der Waals surface area contributed by atoms with Crippen molar-refractivity contribution in [2.45, 2.75) is 25.9 Å². The number of amides is 1. The largest absolute Gasteiger partial charge is 0.340 e. The Balaban J connectivity index is 2.72. The summed E-state index contributed by atoms with van der Waals surface area (Å²) < 4.78 is 0. The van der Waals surface area contributed by atoms with E-state index < -0.39 is 5.54 Å². The summed E-state index contributed by atoms with van der Waals surface area (Å²) in [6.45, 7) is 3.91. The van der Waals surface area contributed by atoms with Crippen molar-refractivity contribution < 1.29 is 4.79 Å². The van der Waals surface area contributed by atoms with Crippen molar-refractivity contribution >= 4 is 17.5 Å². The Bertz CT molecular complexity index is 385. The van der Waals surface area contributed by atoms with Gasteiger partial charge in [0.15, 0.2) is 0 Å². The minimum Gasteiger partial charge on any atom is -0.340 e. The van der Waals surface area contributed by atoms with Crippen molar-refractivity contribution in [3.8, 4) is 0 Å². The molecule has 3 nitrogen and oxygen atoms in total. The number of hydrogen-bond acceptors (Lipinski definition) is 2. The van der Waals surface area contributed by atoms with Crippen LogP contribution in [0.25, 0.3) is 0 Å². The van der Waals surface area contributed by atoms with Crippen LogP contribution in [0, 0.1) is 0 Å². The minimum atomic E-state index is -0.840. The maximum atomic E-state index is 11.8. The Labute approximate surface area is 101 Å². The smallest absolute Gasteiger partial charge is 0.242 e. The summed E-state index contributed by atoms with van der Waals surface area (Å²) in [5.74, 6) is -0.0903. The van der Waals surface area contributed by atoms with Gasteiger partial charge in [-0.25, -0.2) is 0 Å². The Morgan fingerprint density at radius 1 is 1.50 bits per heavy atom. The first-order chi connectivity index (χ1) is 7.30. The van der Waals surface area contributed by atoms with Crippen LogP contribution in [0.4, 0.5) is 0 Å². The van der Waals surface area contributed by atoms with Gasteiger partial charge in [-0.2, -0.15) is 0 Å². The number of nitrogens with two attached hydrogens (primary N) is 1. The van der Waals surface area contributed by atoms with Crippen LogP contribution < -0.4 is 5.73 Å². The first-order valence-corrected chi connectivity index (χ1v) is 5.47. The Morgan fingerprint density at radius 3 is 2.62 bits per heavy atom. The summed E-state index contributed by atoms with van der Waals surface area (Å²) in [7, 11) is 1.73. The van der Waals surface area contributed by atoms with Gasteiger partial charge in [-0.05, 0) is 31.5 Å². The molecule has 1 rings (SSSR count). The van der Waals surface area contributed by atoms with E-state index in [0.717, 1.165) is 5.56 Å². The summed E-state index contributed by atoms with van der Waals surface area (Å²) in [6.07, 6.45) is 0. The first kappa shape index (κ1) is 13.0. The molecule has 0 saturated heterocycles. The molecule has 1 aromatic carbocycles. The molecule has 0 saturated carbocycles. The van der Waals surface area contributed by atoms with Gasteiger partial charge in [0.05, 0.1) is 5.54 Å². The maximum Gasteiger partial charge on any atom is 0.242 e. The zero-order valence-corrected chi connectivity index (χ0v) is 10.6. The predicted octanol–water partition coefficient (Wildman–Crippen LogP) is 2.04. The highest BCUT2D eigenvalue weighted by Crippen LogP contribution is 2.13. The van der Waals surface area contributed by atoms with Crippen molar-refractivity contribution in [3.05, 3.63) is 34.9 Å². The van der Waals surface area contributed by atoms with E-state index in [1.165, 1.54) is 0 Å². The highest BCUT2D eigenvalue weighted by molar-refractivity contribution is 6.30. The van der Waals surface area contributed by atoms with Gasteiger partial charge in [-0.15, -0.1) is 0 Å². The van der Waals surface area contributed by atoms with Crippen molar-refractivity contribution in [1.29, 1.82) is 0 Å². The molecule has 1 amide bonds. The number of benzene rings is 1. The summed E-state index contributed by atoms with van der Waals surface area (Å²) in [4.78, 5) is 13.4. The number of likely N-dealkylation sites (N-methyl/N-ethyl adjacent to an activating group) is 1. The van der Waals surface area contributed by atoms with Crippen LogP contribution in [0.15, 0.2) is 24.3 Å². The predicted molar refractivity (Wildman–Crippen MR) is 66.2 cm³/mol. The van der Waals surface area contributed by atoms with E-state index in [1.807, 2.05) is 18.2 Å². The Kier molecular flexibility index (Phi) is 3.94. The molecule has 16 heavy (non-hydrogen) atoms. The Hall–Kier alpha value is -1.06. The van der Waals surface area contributed by atoms with Crippen molar-refractivity contribution in [1.82, 2.24) is 4.90 Å². The van der Waals surface area contributed by atoms with Gasteiger partial charge in [0.2, 0.25) is 5.91 Å². The third-order valence-corrected chi connectivity index (χ3v) is 2.44. The summed E-state index contributed by atoms with van der Waals surface area (Å²) in [5.41, 5.74) is 5.90. The molecule has 0 fully saturated rings. The van der Waals surface area contributed by atoms with Crippen LogP contribution in [0.2, 0.25) is 5.02 Å². The normalized spacial score (nSPS) is 11.3. The second-order valence-corrected chi connectivity index (χ2v) is 4.95. The van der Waals surface area contributed by atoms with Gasteiger partial charge >= 0.3 is 0 Å². The van der Waals surface area contributed by atoms with E-state index >= 15 is 0 Å². The average molecular weight is 241 g/mol. The summed E-state index contributed by atoms with van der Waals surface area (Å²) >= 11 is 5.87. The van der Waals surface area contributed by atoms with Gasteiger partial charge in [-0.3, -0.25) is 4.79 Å². The van der Waals surface area contributed by atoms with E-state index in [9.17, 15) is 4.79 Å². The monoisotopic (exact) mass is 240 g/mol. The SMILES string of the molecule is CN(Cc1cccc(Cl)c1)C(=O)C(C)(C)N. The molecule has 0 aliphatic carbocycles. The van der Waals surface area contributed by atoms with E-state index in [-0.39, 0.29) is 5.91 Å². The fourth-order valence-corrected chi connectivity index (χ4v) is 1.69. The molecule has 0 aliphatic heterocycles. The lowest BCUT2D eigenvalue weighted by Gasteiger charge is -2.25. The van der Waals surface area contributed by atoms with Crippen LogP contribution in [-0.2, 0) is 11.3 Å². The average Bonchev–Trinajstić information content (AvgIpc) is 2.15. The van der Waals surface area contributed by atoms with Crippen LogP contribution in [-0.4, -0.2) is 23.4 Å². The van der Waals surface area contributed by atoms with E-state index in [4.69, 9.17) is 17.3 Å². The lowest BCUT2D eigenvalue weighted by Crippen LogP contribution is -2.49. The van der Waals surface area contributed by atoms with Crippen LogP contribution >= 0.6 is 11.6 Å². The van der Waals surface area contributed by atoms with Crippen molar-refractivity contribution in [2.24, 2.45) is 5.73 Å². The summed E-state index contributed by atoms with van der Waals surface area (Å²) in [5, 5.41) is 0.672. The molecule has 1 aromatic rings. The van der Waals surface area contributed by atoms with Crippen molar-refractivity contribution in [3.63, 3.8) is 0 Å². The summed E-state index contributed by atoms with van der Waals surface area (Å²) in [6, 6.07) is 7.44. The number of rotatable bonds is 3. The van der Waals surface area contributed by atoms with Gasteiger partial charge in [0, 0.05) is 18.6 Å². The number of hydrogen-bond donors (Lipinski definition) is 1. The molecular weight excluding hydrogens is 224 g/mol. The molecule has 0 radical (unpaired) electrons. The van der Waals surface area contributed by atoms with Crippen LogP contribution in [0.5, 0.6) is 0 Å². The lowest BCUT2D eigenvalue weighted by molar-refractivity contribution is -0.134. The fraction of sp³-hybridized carbons (Fsp3) is 0.417. The number of carbonyl (C=O) groups is 1. The fourth-order valence-electron chi connectivity index (χ4n) is 1.47. The highest BCUT2D eigenvalue weighted by atomic mass is 35.5. The van der Waals surface area contributed by atoms with Gasteiger partial charge in [0.1, 0.15) is 0 Å². The number of nitrogens with zero attached hydrogens (tertiary/aromatic N) is 1. The van der Waals surface area contributed by atoms with Gasteiger partial charge in [-0.1, -0.05) is 23.7 Å². The number of carbonyl (C=O) groups excluding carboxylic acids is 1. The standard InChI is InChI=1S/C12H17ClN2O/c1-12(2,14)11(16)15(3)8-9-5-4-6-10(13)7-9/h4-7H,8,14H2,1-3H3. The molecule has 88 valence electrons. The first-order valence-electron chi connectivity index (χ1n) is 5.09. The third kappa shape index (κ3) is 3.51. The molecule has 4 heteroatoms. The second kappa shape index (κ2) is 4.85. The molecule has 0 atom stereocenters. The molecule has 0 aromatic heterocycles. The van der Waals surface area contributed by atoms with Gasteiger partial charge < -0.3 is 10.6 Å². The molecule has 0 bridgehead atoms. The van der Waals surface area contributed by atoms with Crippen LogP contribution in [0.3, 0.4) is 0 Å². The lowest BCUT2D eigenvalue weighted by atomic mass is 10.1.